The summed E-state index contributed by atoms with van der Waals surface area (Å²) in [5.74, 6) is 0. The Morgan fingerprint density at radius 3 is 2.50 bits per heavy atom. The van der Waals surface area contributed by atoms with Gasteiger partial charge in [-0.15, -0.1) is 0 Å². The van der Waals surface area contributed by atoms with Gasteiger partial charge in [-0.2, -0.15) is 0 Å². The number of benzene rings is 2. The summed E-state index contributed by atoms with van der Waals surface area (Å²) >= 11 is 1.41. The van der Waals surface area contributed by atoms with Gasteiger partial charge in [-0.05, 0) is 24.6 Å². The van der Waals surface area contributed by atoms with Crippen LogP contribution in [0.2, 0.25) is 0 Å². The number of nitrogens with zero attached hydrogens (tertiary/aromatic N) is 2. The van der Waals surface area contributed by atoms with Gasteiger partial charge in [-0.3, -0.25) is 10.1 Å². The molecule has 0 saturated carbocycles. The van der Waals surface area contributed by atoms with Crippen LogP contribution in [0.25, 0.3) is 0 Å². The van der Waals surface area contributed by atoms with Crippen LogP contribution in [0.4, 0.5) is 5.69 Å². The van der Waals surface area contributed by atoms with Crippen molar-refractivity contribution in [3.63, 3.8) is 0 Å². The molecule has 0 bridgehead atoms. The molecule has 0 saturated heterocycles. The molecule has 4 nitrogen and oxygen atoms in total. The number of aryl methyl sites for hydroxylation is 1. The number of hydrogen-bond donors (Lipinski definition) is 0. The second-order valence-corrected chi connectivity index (χ2v) is 6.96. The normalized spacial score (nSPS) is 11.4. The van der Waals surface area contributed by atoms with Crippen LogP contribution in [-0.2, 0) is 6.54 Å². The number of nitro benzene ring substituents is 1. The maximum Gasteiger partial charge on any atom is 0.481 e. The summed E-state index contributed by atoms with van der Waals surface area (Å²) in [5.41, 5.74) is 2.10. The third-order valence-corrected chi connectivity index (χ3v) is 4.26. The van der Waals surface area contributed by atoms with E-state index in [2.05, 4.69) is 0 Å². The molecule has 2 radical (unpaired) electrons. The van der Waals surface area contributed by atoms with Gasteiger partial charge in [0.1, 0.15) is 0 Å². The van der Waals surface area contributed by atoms with E-state index in [0.29, 0.717) is 15.8 Å². The lowest BCUT2D eigenvalue weighted by molar-refractivity contribution is -0.788. The van der Waals surface area contributed by atoms with Crippen molar-refractivity contribution in [3.8, 4) is 0 Å². The lowest BCUT2D eigenvalue weighted by atomic mass is 10.1. The van der Waals surface area contributed by atoms with Crippen LogP contribution in [0.1, 0.15) is 11.1 Å². The Morgan fingerprint density at radius 1 is 1.18 bits per heavy atom. The molecule has 112 valence electrons. The molecule has 0 aliphatic carbocycles. The van der Waals surface area contributed by atoms with Crippen LogP contribution in [-0.4, -0.2) is 31.4 Å². The Hall–Kier alpha value is -1.79. The molecule has 0 atom stereocenters. The molecule has 0 aliphatic heterocycles. The molecule has 0 amide bonds. The third-order valence-electron chi connectivity index (χ3n) is 3.08. The van der Waals surface area contributed by atoms with Crippen molar-refractivity contribution < 1.29 is 9.32 Å². The average molecular weight is 313 g/mol. The maximum absolute atomic E-state index is 11.2. The van der Waals surface area contributed by atoms with Gasteiger partial charge in [0.15, 0.2) is 0 Å². The minimum Gasteiger partial charge on any atom is -0.398 e. The van der Waals surface area contributed by atoms with Gasteiger partial charge in [0, 0.05) is 30.6 Å². The van der Waals surface area contributed by atoms with Crippen LogP contribution in [0.15, 0.2) is 52.3 Å². The molecule has 2 aromatic rings. The molecule has 0 N–H and O–H groups in total. The molecule has 0 aromatic heterocycles. The van der Waals surface area contributed by atoms with E-state index in [0.717, 1.165) is 16.0 Å². The van der Waals surface area contributed by atoms with E-state index in [1.165, 1.54) is 11.8 Å². The first-order valence-electron chi connectivity index (χ1n) is 6.88. The highest BCUT2D eigenvalue weighted by Gasteiger charge is 2.18. The van der Waals surface area contributed by atoms with Gasteiger partial charge in [0.05, 0.1) is 16.4 Å². The van der Waals surface area contributed by atoms with Gasteiger partial charge in [-0.25, -0.2) is 0 Å². The van der Waals surface area contributed by atoms with E-state index >= 15 is 0 Å². The number of rotatable bonds is 5. The molecule has 0 heterocycles. The van der Waals surface area contributed by atoms with E-state index in [1.807, 2.05) is 51.4 Å². The van der Waals surface area contributed by atoms with Crippen LogP contribution >= 0.6 is 11.8 Å². The SMILES string of the molecule is [B][N+](C)(C)Cc1ccccc1Sc1ccc(C)cc1[N+](=O)[O-]. The predicted molar refractivity (Wildman–Crippen MR) is 90.0 cm³/mol. The zero-order valence-corrected chi connectivity index (χ0v) is 13.8. The molecular weight excluding hydrogens is 295 g/mol. The number of hydrogen-bond acceptors (Lipinski definition) is 3. The Labute approximate surface area is 136 Å². The van der Waals surface area contributed by atoms with Gasteiger partial charge in [-0.1, -0.05) is 36.0 Å². The second-order valence-electron chi connectivity index (χ2n) is 5.87. The molecular formula is C16H18BN2O2S+. The van der Waals surface area contributed by atoms with E-state index in [-0.39, 0.29) is 10.6 Å². The van der Waals surface area contributed by atoms with Gasteiger partial charge >= 0.3 is 7.98 Å². The fraction of sp³-hybridized carbons (Fsp3) is 0.250. The van der Waals surface area contributed by atoms with E-state index < -0.39 is 0 Å². The van der Waals surface area contributed by atoms with Crippen molar-refractivity contribution in [3.05, 3.63) is 63.7 Å². The Bertz CT molecular complexity index is 699. The quantitative estimate of drug-likeness (QED) is 0.480. The zero-order chi connectivity index (χ0) is 16.3. The van der Waals surface area contributed by atoms with Gasteiger partial charge < -0.3 is 4.39 Å². The first kappa shape index (κ1) is 16.6. The first-order chi connectivity index (χ1) is 10.3. The summed E-state index contributed by atoms with van der Waals surface area (Å²) in [7, 11) is 9.87. The van der Waals surface area contributed by atoms with Gasteiger partial charge in [0.2, 0.25) is 0 Å². The number of nitro groups is 1. The molecule has 0 aliphatic rings. The smallest absolute Gasteiger partial charge is 0.398 e. The van der Waals surface area contributed by atoms with Crippen molar-refractivity contribution in [1.29, 1.82) is 0 Å². The van der Waals surface area contributed by atoms with Crippen LogP contribution < -0.4 is 0 Å². The molecule has 2 rings (SSSR count). The largest absolute Gasteiger partial charge is 0.481 e. The summed E-state index contributed by atoms with van der Waals surface area (Å²) in [6, 6.07) is 13.2. The zero-order valence-electron chi connectivity index (χ0n) is 12.9. The van der Waals surface area contributed by atoms with Gasteiger partial charge in [0.25, 0.3) is 5.69 Å². The predicted octanol–water partition coefficient (Wildman–Crippen LogP) is 3.71. The fourth-order valence-corrected chi connectivity index (χ4v) is 3.17. The van der Waals surface area contributed by atoms with E-state index in [9.17, 15) is 10.1 Å². The highest BCUT2D eigenvalue weighted by molar-refractivity contribution is 7.99. The van der Waals surface area contributed by atoms with Crippen molar-refractivity contribution >= 4 is 25.4 Å². The maximum atomic E-state index is 11.2. The van der Waals surface area contributed by atoms with E-state index in [1.54, 1.807) is 12.1 Å². The van der Waals surface area contributed by atoms with E-state index in [4.69, 9.17) is 7.98 Å². The molecule has 0 unspecified atom stereocenters. The molecule has 0 fully saturated rings. The lowest BCUT2D eigenvalue weighted by Crippen LogP contribution is -2.35. The minimum absolute atomic E-state index is 0.140. The Morgan fingerprint density at radius 2 is 1.86 bits per heavy atom. The highest BCUT2D eigenvalue weighted by Crippen LogP contribution is 2.37. The molecule has 2 aromatic carbocycles. The minimum atomic E-state index is -0.332. The average Bonchev–Trinajstić information content (AvgIpc) is 2.41. The van der Waals surface area contributed by atoms with Crippen molar-refractivity contribution in [1.82, 2.24) is 0 Å². The monoisotopic (exact) mass is 313 g/mol. The fourth-order valence-electron chi connectivity index (χ4n) is 2.15. The topological polar surface area (TPSA) is 43.1 Å². The molecule has 22 heavy (non-hydrogen) atoms. The summed E-state index contributed by atoms with van der Waals surface area (Å²) < 4.78 is 0.313. The van der Waals surface area contributed by atoms with Crippen molar-refractivity contribution in [2.45, 2.75) is 23.3 Å². The Balaban J connectivity index is 2.38. The Kier molecular flexibility index (Phi) is 4.93. The molecule has 0 spiro atoms. The van der Waals surface area contributed by atoms with Crippen LogP contribution in [0, 0.1) is 17.0 Å². The highest BCUT2D eigenvalue weighted by atomic mass is 32.2. The summed E-state index contributed by atoms with van der Waals surface area (Å²) in [4.78, 5) is 12.6. The van der Waals surface area contributed by atoms with Crippen LogP contribution in [0.3, 0.4) is 0 Å². The van der Waals surface area contributed by atoms with Crippen LogP contribution in [0.5, 0.6) is 0 Å². The summed E-state index contributed by atoms with van der Waals surface area (Å²) in [6.07, 6.45) is 0. The van der Waals surface area contributed by atoms with Crippen molar-refractivity contribution in [2.75, 3.05) is 14.1 Å². The standard InChI is InChI=1S/C16H18BN2O2S/c1-12-8-9-16(14(10-12)18(20)21)22-15-7-5-4-6-13(15)11-19(2,3)17/h4-10H,11H2,1-3H3/q+1. The second kappa shape index (κ2) is 6.54. The third kappa shape index (κ3) is 4.35. The molecule has 6 heteroatoms. The summed E-state index contributed by atoms with van der Waals surface area (Å²) in [6.45, 7) is 2.51. The summed E-state index contributed by atoms with van der Waals surface area (Å²) in [5, 5.41) is 11.2. The van der Waals surface area contributed by atoms with Crippen molar-refractivity contribution in [2.24, 2.45) is 0 Å². The number of quaternary nitrogens is 1. The lowest BCUT2D eigenvalue weighted by Gasteiger charge is -2.25. The first-order valence-corrected chi connectivity index (χ1v) is 7.70.